The van der Waals surface area contributed by atoms with Crippen molar-refractivity contribution in [2.75, 3.05) is 31.1 Å². The van der Waals surface area contributed by atoms with Crippen molar-refractivity contribution in [1.82, 2.24) is 15.5 Å². The second kappa shape index (κ2) is 5.34. The van der Waals surface area contributed by atoms with Gasteiger partial charge in [0.25, 0.3) is 0 Å². The molecule has 0 saturated carbocycles. The zero-order valence-corrected chi connectivity index (χ0v) is 11.0. The van der Waals surface area contributed by atoms with Crippen LogP contribution in [0.2, 0.25) is 0 Å². The summed E-state index contributed by atoms with van der Waals surface area (Å²) in [6, 6.07) is 9.59. The molecule has 0 amide bonds. The number of aromatic amines is 1. The Hall–Kier alpha value is -2.34. The fourth-order valence-corrected chi connectivity index (χ4v) is 2.35. The Balaban J connectivity index is 1.79. The standard InChI is InChI=1S/C14H16N4O2/c19-14(20)13-9-12(16-17-13)10-1-3-11(4-2-10)18-7-5-15-6-8-18/h1-4,9,15H,5-8H2,(H,16,17)(H,19,20). The van der Waals surface area contributed by atoms with Gasteiger partial charge in [-0.2, -0.15) is 5.10 Å². The number of benzene rings is 1. The lowest BCUT2D eigenvalue weighted by Gasteiger charge is -2.29. The largest absolute Gasteiger partial charge is 0.477 e. The molecule has 0 bridgehead atoms. The number of carboxylic acids is 1. The van der Waals surface area contributed by atoms with Gasteiger partial charge in [0.15, 0.2) is 0 Å². The molecule has 104 valence electrons. The van der Waals surface area contributed by atoms with Crippen LogP contribution in [0.3, 0.4) is 0 Å². The first-order chi connectivity index (χ1) is 9.74. The lowest BCUT2D eigenvalue weighted by atomic mass is 10.1. The van der Waals surface area contributed by atoms with Gasteiger partial charge in [-0.3, -0.25) is 5.10 Å². The Morgan fingerprint density at radius 1 is 1.20 bits per heavy atom. The van der Waals surface area contributed by atoms with E-state index >= 15 is 0 Å². The predicted molar refractivity (Wildman–Crippen MR) is 76.1 cm³/mol. The molecule has 0 unspecified atom stereocenters. The second-order valence-corrected chi connectivity index (χ2v) is 4.76. The first-order valence-corrected chi connectivity index (χ1v) is 6.59. The van der Waals surface area contributed by atoms with Gasteiger partial charge in [0.05, 0.1) is 5.69 Å². The summed E-state index contributed by atoms with van der Waals surface area (Å²) in [7, 11) is 0. The normalized spacial score (nSPS) is 15.3. The molecule has 0 atom stereocenters. The lowest BCUT2D eigenvalue weighted by molar-refractivity contribution is 0.0690. The van der Waals surface area contributed by atoms with Crippen LogP contribution in [-0.2, 0) is 0 Å². The Bertz CT molecular complexity index is 600. The third-order valence-electron chi connectivity index (χ3n) is 3.45. The highest BCUT2D eigenvalue weighted by atomic mass is 16.4. The van der Waals surface area contributed by atoms with Crippen LogP contribution in [0.4, 0.5) is 5.69 Å². The highest BCUT2D eigenvalue weighted by molar-refractivity contribution is 5.86. The molecule has 1 aliphatic heterocycles. The molecule has 2 heterocycles. The number of H-pyrrole nitrogens is 1. The van der Waals surface area contributed by atoms with Gasteiger partial charge >= 0.3 is 5.97 Å². The maximum atomic E-state index is 10.8. The molecule has 0 radical (unpaired) electrons. The first-order valence-electron chi connectivity index (χ1n) is 6.59. The molecule has 1 aliphatic rings. The average Bonchev–Trinajstić information content (AvgIpc) is 2.98. The predicted octanol–water partition coefficient (Wildman–Crippen LogP) is 1.18. The van der Waals surface area contributed by atoms with Gasteiger partial charge in [-0.05, 0) is 18.2 Å². The van der Waals surface area contributed by atoms with Crippen molar-refractivity contribution in [3.8, 4) is 11.3 Å². The summed E-state index contributed by atoms with van der Waals surface area (Å²) < 4.78 is 0. The van der Waals surface area contributed by atoms with Crippen molar-refractivity contribution >= 4 is 11.7 Å². The van der Waals surface area contributed by atoms with E-state index in [9.17, 15) is 4.79 Å². The molecule has 3 N–H and O–H groups in total. The van der Waals surface area contributed by atoms with E-state index in [0.717, 1.165) is 31.7 Å². The number of aromatic nitrogens is 2. The van der Waals surface area contributed by atoms with Gasteiger partial charge in [0.1, 0.15) is 5.69 Å². The number of aromatic carboxylic acids is 1. The highest BCUT2D eigenvalue weighted by Gasteiger charge is 2.12. The molecule has 2 aromatic rings. The van der Waals surface area contributed by atoms with Gasteiger partial charge in [0, 0.05) is 37.4 Å². The third-order valence-corrected chi connectivity index (χ3v) is 3.45. The quantitative estimate of drug-likeness (QED) is 0.782. The van der Waals surface area contributed by atoms with E-state index in [1.54, 1.807) is 6.07 Å². The van der Waals surface area contributed by atoms with Crippen molar-refractivity contribution in [2.45, 2.75) is 0 Å². The van der Waals surface area contributed by atoms with Gasteiger partial charge in [-0.1, -0.05) is 12.1 Å². The topological polar surface area (TPSA) is 81.2 Å². The van der Waals surface area contributed by atoms with E-state index in [0.29, 0.717) is 5.69 Å². The Morgan fingerprint density at radius 3 is 2.50 bits per heavy atom. The smallest absolute Gasteiger partial charge is 0.353 e. The molecule has 6 heteroatoms. The van der Waals surface area contributed by atoms with E-state index in [1.165, 1.54) is 5.69 Å². The van der Waals surface area contributed by atoms with E-state index in [2.05, 4.69) is 32.5 Å². The highest BCUT2D eigenvalue weighted by Crippen LogP contribution is 2.22. The van der Waals surface area contributed by atoms with Crippen LogP contribution in [0.25, 0.3) is 11.3 Å². The summed E-state index contributed by atoms with van der Waals surface area (Å²) in [6.07, 6.45) is 0. The fraction of sp³-hybridized carbons (Fsp3) is 0.286. The van der Waals surface area contributed by atoms with Crippen molar-refractivity contribution in [2.24, 2.45) is 0 Å². The SMILES string of the molecule is O=C(O)c1cc(-c2ccc(N3CCNCC3)cc2)n[nH]1. The van der Waals surface area contributed by atoms with E-state index in [-0.39, 0.29) is 5.69 Å². The maximum absolute atomic E-state index is 10.8. The fourth-order valence-electron chi connectivity index (χ4n) is 2.35. The van der Waals surface area contributed by atoms with Crippen LogP contribution in [0.1, 0.15) is 10.5 Å². The number of carboxylic acid groups (broad SMARTS) is 1. The number of piperazine rings is 1. The summed E-state index contributed by atoms with van der Waals surface area (Å²) in [5.74, 6) is -0.999. The summed E-state index contributed by atoms with van der Waals surface area (Å²) >= 11 is 0. The van der Waals surface area contributed by atoms with Gasteiger partial charge in [0.2, 0.25) is 0 Å². The van der Waals surface area contributed by atoms with Crippen LogP contribution in [0.5, 0.6) is 0 Å². The van der Waals surface area contributed by atoms with Crippen LogP contribution in [-0.4, -0.2) is 47.5 Å². The molecule has 1 aromatic heterocycles. The maximum Gasteiger partial charge on any atom is 0.353 e. The van der Waals surface area contributed by atoms with Crippen LogP contribution < -0.4 is 10.2 Å². The summed E-state index contributed by atoms with van der Waals surface area (Å²) in [4.78, 5) is 13.1. The van der Waals surface area contributed by atoms with Crippen LogP contribution in [0.15, 0.2) is 30.3 Å². The number of hydrogen-bond acceptors (Lipinski definition) is 4. The minimum atomic E-state index is -0.999. The number of anilines is 1. The number of rotatable bonds is 3. The summed E-state index contributed by atoms with van der Waals surface area (Å²) in [6.45, 7) is 4.02. The number of hydrogen-bond donors (Lipinski definition) is 3. The first kappa shape index (κ1) is 12.7. The second-order valence-electron chi connectivity index (χ2n) is 4.76. The Morgan fingerprint density at radius 2 is 1.90 bits per heavy atom. The van der Waals surface area contributed by atoms with Crippen molar-refractivity contribution in [3.05, 3.63) is 36.0 Å². The average molecular weight is 272 g/mol. The Kier molecular flexibility index (Phi) is 3.39. The molecular weight excluding hydrogens is 256 g/mol. The third kappa shape index (κ3) is 2.50. The van der Waals surface area contributed by atoms with Crippen LogP contribution >= 0.6 is 0 Å². The molecule has 1 fully saturated rings. The Labute approximate surface area is 116 Å². The molecule has 3 rings (SSSR count). The summed E-state index contributed by atoms with van der Waals surface area (Å²) in [5.41, 5.74) is 2.84. The van der Waals surface area contributed by atoms with Crippen LogP contribution in [0, 0.1) is 0 Å². The van der Waals surface area contributed by atoms with Crippen molar-refractivity contribution in [3.63, 3.8) is 0 Å². The van der Waals surface area contributed by atoms with E-state index in [1.807, 2.05) is 12.1 Å². The lowest BCUT2D eigenvalue weighted by Crippen LogP contribution is -2.43. The number of nitrogens with zero attached hydrogens (tertiary/aromatic N) is 2. The summed E-state index contributed by atoms with van der Waals surface area (Å²) in [5, 5.41) is 18.7. The van der Waals surface area contributed by atoms with Gasteiger partial charge in [-0.15, -0.1) is 0 Å². The number of carbonyl (C=O) groups is 1. The minimum absolute atomic E-state index is 0.103. The molecule has 1 aromatic carbocycles. The molecule has 0 aliphatic carbocycles. The van der Waals surface area contributed by atoms with E-state index < -0.39 is 5.97 Å². The molecule has 6 nitrogen and oxygen atoms in total. The van der Waals surface area contributed by atoms with Crippen molar-refractivity contribution < 1.29 is 9.90 Å². The molecule has 1 saturated heterocycles. The minimum Gasteiger partial charge on any atom is -0.477 e. The molecule has 20 heavy (non-hydrogen) atoms. The molecule has 0 spiro atoms. The zero-order chi connectivity index (χ0) is 13.9. The number of nitrogens with one attached hydrogen (secondary N) is 2. The van der Waals surface area contributed by atoms with Gasteiger partial charge < -0.3 is 15.3 Å². The molecular formula is C14H16N4O2. The van der Waals surface area contributed by atoms with E-state index in [4.69, 9.17) is 5.11 Å². The van der Waals surface area contributed by atoms with Gasteiger partial charge in [-0.25, -0.2) is 4.79 Å². The zero-order valence-electron chi connectivity index (χ0n) is 11.0. The monoisotopic (exact) mass is 272 g/mol. The van der Waals surface area contributed by atoms with Crippen molar-refractivity contribution in [1.29, 1.82) is 0 Å².